The molecule has 0 aliphatic carbocycles. The number of hydrogen-bond acceptors (Lipinski definition) is 4. The summed E-state index contributed by atoms with van der Waals surface area (Å²) in [6.07, 6.45) is 4.13. The molecule has 1 aromatic carbocycles. The smallest absolute Gasteiger partial charge is 0.481 e. The Hall–Kier alpha value is -2.56. The van der Waals surface area contributed by atoms with E-state index in [-0.39, 0.29) is 6.42 Å². The maximum Gasteiger partial charge on any atom is 0.514 e. The predicted octanol–water partition coefficient (Wildman–Crippen LogP) is 4.52. The Morgan fingerprint density at radius 3 is 2.38 bits per heavy atom. The lowest BCUT2D eigenvalue weighted by molar-refractivity contribution is -0.136. The molecule has 5 nitrogen and oxygen atoms in total. The van der Waals surface area contributed by atoms with Crippen molar-refractivity contribution in [2.24, 2.45) is 0 Å². The molecule has 1 rings (SSSR count). The van der Waals surface area contributed by atoms with Gasteiger partial charge in [0.1, 0.15) is 11.4 Å². The number of carbonyl (C=O) groups excluding carboxylic acids is 1. The Bertz CT molecular complexity index is 611. The van der Waals surface area contributed by atoms with Gasteiger partial charge in [-0.25, -0.2) is 4.79 Å². The minimum atomic E-state index is -0.916. The van der Waals surface area contributed by atoms with Crippen molar-refractivity contribution in [2.75, 3.05) is 0 Å². The van der Waals surface area contributed by atoms with Gasteiger partial charge in [0, 0.05) is 0 Å². The van der Waals surface area contributed by atoms with Crippen LogP contribution in [0.5, 0.6) is 5.75 Å². The molecule has 1 unspecified atom stereocenters. The van der Waals surface area contributed by atoms with Crippen LogP contribution in [0.4, 0.5) is 4.79 Å². The molecular weight excluding hydrogens is 308 g/mol. The molecule has 1 N–H and O–H groups in total. The standard InChI is InChI=1S/C19H24O5/c1-5-19(4,12-6-7-14(2)3)24-18(22)23-16-10-8-15(9-11-16)13-17(20)21/h5,7-11H,1,6,12-13H2,2-4H3,(H,20,21). The van der Waals surface area contributed by atoms with E-state index in [0.717, 1.165) is 6.42 Å². The van der Waals surface area contributed by atoms with Crippen LogP contribution in [0.1, 0.15) is 39.2 Å². The molecule has 1 aromatic rings. The highest BCUT2D eigenvalue weighted by Gasteiger charge is 2.25. The maximum atomic E-state index is 11.9. The third-order valence-corrected chi connectivity index (χ3v) is 3.42. The third kappa shape index (κ3) is 7.13. The van der Waals surface area contributed by atoms with Crippen LogP contribution < -0.4 is 4.74 Å². The van der Waals surface area contributed by atoms with Gasteiger partial charge in [-0.1, -0.05) is 30.4 Å². The van der Waals surface area contributed by atoms with E-state index in [0.29, 0.717) is 17.7 Å². The summed E-state index contributed by atoms with van der Waals surface area (Å²) in [4.78, 5) is 22.6. The zero-order valence-electron chi connectivity index (χ0n) is 14.4. The normalized spacial score (nSPS) is 12.6. The molecule has 0 saturated heterocycles. The molecule has 130 valence electrons. The Balaban J connectivity index is 2.61. The fraction of sp³-hybridized carbons (Fsp3) is 0.368. The van der Waals surface area contributed by atoms with Crippen molar-refractivity contribution < 1.29 is 24.2 Å². The molecule has 5 heteroatoms. The van der Waals surface area contributed by atoms with Crippen LogP contribution in [0.2, 0.25) is 0 Å². The van der Waals surface area contributed by atoms with Crippen molar-refractivity contribution in [3.05, 3.63) is 54.1 Å². The Labute approximate surface area is 142 Å². The SMILES string of the molecule is C=CC(C)(CCC=C(C)C)OC(=O)Oc1ccc(CC(=O)O)cc1. The zero-order chi connectivity index (χ0) is 18.2. The van der Waals surface area contributed by atoms with Crippen LogP contribution in [-0.2, 0) is 16.0 Å². The molecule has 0 spiro atoms. The van der Waals surface area contributed by atoms with Gasteiger partial charge in [-0.2, -0.15) is 0 Å². The number of ether oxygens (including phenoxy) is 2. The minimum Gasteiger partial charge on any atom is -0.481 e. The first kappa shape index (κ1) is 19.5. The highest BCUT2D eigenvalue weighted by molar-refractivity contribution is 5.70. The van der Waals surface area contributed by atoms with E-state index in [1.54, 1.807) is 25.1 Å². The fourth-order valence-electron chi connectivity index (χ4n) is 2.00. The van der Waals surface area contributed by atoms with E-state index in [9.17, 15) is 9.59 Å². The second-order valence-electron chi connectivity index (χ2n) is 6.01. The number of benzene rings is 1. The van der Waals surface area contributed by atoms with E-state index in [1.165, 1.54) is 17.7 Å². The van der Waals surface area contributed by atoms with E-state index in [1.807, 2.05) is 13.8 Å². The highest BCUT2D eigenvalue weighted by atomic mass is 16.7. The molecule has 0 radical (unpaired) electrons. The van der Waals surface area contributed by atoms with Gasteiger partial charge in [0.15, 0.2) is 0 Å². The van der Waals surface area contributed by atoms with Gasteiger partial charge in [-0.15, -0.1) is 0 Å². The van der Waals surface area contributed by atoms with Crippen LogP contribution in [0.15, 0.2) is 48.6 Å². The van der Waals surface area contributed by atoms with Gasteiger partial charge < -0.3 is 14.6 Å². The molecule has 0 aliphatic heterocycles. The first-order valence-corrected chi connectivity index (χ1v) is 7.72. The quantitative estimate of drug-likeness (QED) is 0.430. The lowest BCUT2D eigenvalue weighted by Crippen LogP contribution is -2.30. The average molecular weight is 332 g/mol. The molecule has 0 amide bonds. The fourth-order valence-corrected chi connectivity index (χ4v) is 2.00. The topological polar surface area (TPSA) is 72.8 Å². The molecule has 1 atom stereocenters. The van der Waals surface area contributed by atoms with Gasteiger partial charge in [0.2, 0.25) is 0 Å². The number of allylic oxidation sites excluding steroid dienone is 2. The summed E-state index contributed by atoms with van der Waals surface area (Å²) in [5, 5.41) is 8.72. The highest BCUT2D eigenvalue weighted by Crippen LogP contribution is 2.22. The second kappa shape index (κ2) is 8.91. The Kier molecular flexibility index (Phi) is 7.24. The lowest BCUT2D eigenvalue weighted by Gasteiger charge is -2.25. The van der Waals surface area contributed by atoms with Crippen LogP contribution in [0.3, 0.4) is 0 Å². The van der Waals surface area contributed by atoms with Crippen molar-refractivity contribution in [3.8, 4) is 5.75 Å². The number of carboxylic acids is 1. The number of hydrogen-bond donors (Lipinski definition) is 1. The Morgan fingerprint density at radius 2 is 1.88 bits per heavy atom. The first-order chi connectivity index (χ1) is 11.2. The van der Waals surface area contributed by atoms with Crippen molar-refractivity contribution >= 4 is 12.1 Å². The summed E-state index contributed by atoms with van der Waals surface area (Å²) in [5.41, 5.74) is 1.01. The monoisotopic (exact) mass is 332 g/mol. The van der Waals surface area contributed by atoms with Gasteiger partial charge in [-0.3, -0.25) is 4.79 Å². The van der Waals surface area contributed by atoms with E-state index in [4.69, 9.17) is 14.6 Å². The van der Waals surface area contributed by atoms with Crippen LogP contribution >= 0.6 is 0 Å². The first-order valence-electron chi connectivity index (χ1n) is 7.72. The Morgan fingerprint density at radius 1 is 1.25 bits per heavy atom. The largest absolute Gasteiger partial charge is 0.514 e. The summed E-state index contributed by atoms with van der Waals surface area (Å²) >= 11 is 0. The van der Waals surface area contributed by atoms with Crippen molar-refractivity contribution in [3.63, 3.8) is 0 Å². The molecule has 0 saturated carbocycles. The second-order valence-corrected chi connectivity index (χ2v) is 6.01. The minimum absolute atomic E-state index is 0.0797. The molecule has 0 heterocycles. The molecule has 0 aliphatic rings. The molecule has 0 bridgehead atoms. The van der Waals surface area contributed by atoms with Crippen molar-refractivity contribution in [1.29, 1.82) is 0 Å². The molecule has 0 fully saturated rings. The average Bonchev–Trinajstić information content (AvgIpc) is 2.48. The molecule has 24 heavy (non-hydrogen) atoms. The van der Waals surface area contributed by atoms with E-state index >= 15 is 0 Å². The summed E-state index contributed by atoms with van der Waals surface area (Å²) in [6, 6.07) is 6.26. The number of aliphatic carboxylic acids is 1. The molecule has 0 aromatic heterocycles. The lowest BCUT2D eigenvalue weighted by atomic mass is 9.99. The third-order valence-electron chi connectivity index (χ3n) is 3.42. The number of rotatable bonds is 8. The summed E-state index contributed by atoms with van der Waals surface area (Å²) in [5.74, 6) is -0.619. The van der Waals surface area contributed by atoms with E-state index < -0.39 is 17.7 Å². The van der Waals surface area contributed by atoms with Crippen LogP contribution in [0.25, 0.3) is 0 Å². The van der Waals surface area contributed by atoms with E-state index in [2.05, 4.69) is 12.7 Å². The van der Waals surface area contributed by atoms with Gasteiger partial charge >= 0.3 is 12.1 Å². The maximum absolute atomic E-state index is 11.9. The number of carbonyl (C=O) groups is 2. The van der Waals surface area contributed by atoms with Crippen molar-refractivity contribution in [1.82, 2.24) is 0 Å². The van der Waals surface area contributed by atoms with Gasteiger partial charge in [0.25, 0.3) is 0 Å². The van der Waals surface area contributed by atoms with Crippen LogP contribution in [-0.4, -0.2) is 22.8 Å². The number of carboxylic acid groups (broad SMARTS) is 1. The molecular formula is C19H24O5. The summed E-state index contributed by atoms with van der Waals surface area (Å²) < 4.78 is 10.5. The summed E-state index contributed by atoms with van der Waals surface area (Å²) in [6.45, 7) is 9.51. The van der Waals surface area contributed by atoms with Gasteiger partial charge in [0.05, 0.1) is 6.42 Å². The zero-order valence-corrected chi connectivity index (χ0v) is 14.4. The predicted molar refractivity (Wildman–Crippen MR) is 92.2 cm³/mol. The van der Waals surface area contributed by atoms with Crippen molar-refractivity contribution in [2.45, 2.75) is 45.6 Å². The van der Waals surface area contributed by atoms with Crippen LogP contribution in [0, 0.1) is 0 Å². The van der Waals surface area contributed by atoms with Gasteiger partial charge in [-0.05, 0) is 57.4 Å². The summed E-state index contributed by atoms with van der Waals surface area (Å²) in [7, 11) is 0.